The first-order chi connectivity index (χ1) is 13.2. The van der Waals surface area contributed by atoms with Crippen molar-refractivity contribution >= 4 is 29.9 Å². The predicted octanol–water partition coefficient (Wildman–Crippen LogP) is 3.85. The van der Waals surface area contributed by atoms with Crippen LogP contribution in [-0.4, -0.2) is 26.8 Å². The molecule has 0 aliphatic heterocycles. The zero-order chi connectivity index (χ0) is 19.5. The number of benzene rings is 2. The monoisotopic (exact) mass is 499 g/mol. The number of ether oxygens (including phenoxy) is 3. The summed E-state index contributed by atoms with van der Waals surface area (Å²) < 4.78 is 16.2. The van der Waals surface area contributed by atoms with Gasteiger partial charge >= 0.3 is 0 Å². The van der Waals surface area contributed by atoms with Gasteiger partial charge in [-0.3, -0.25) is 0 Å². The Morgan fingerprint density at radius 3 is 2.43 bits per heavy atom. The minimum Gasteiger partial charge on any atom is -0.493 e. The smallest absolute Gasteiger partial charge is 0.189 e. The maximum absolute atomic E-state index is 6.02. The third kappa shape index (κ3) is 7.55. The van der Waals surface area contributed by atoms with Crippen molar-refractivity contribution in [2.75, 3.05) is 20.8 Å². The first-order valence-electron chi connectivity index (χ1n) is 9.07. The molecule has 0 unspecified atom stereocenters. The summed E-state index contributed by atoms with van der Waals surface area (Å²) in [5.41, 5.74) is 9.32. The number of halogens is 1. The molecule has 7 heteroatoms. The topological polar surface area (TPSA) is 78.1 Å². The molecule has 0 saturated carbocycles. The second-order valence-electron chi connectivity index (χ2n) is 6.07. The van der Waals surface area contributed by atoms with Crippen LogP contribution < -0.4 is 20.5 Å². The molecule has 0 heterocycles. The highest BCUT2D eigenvalue weighted by atomic mass is 127. The molecule has 154 valence electrons. The first kappa shape index (κ1) is 24.0. The summed E-state index contributed by atoms with van der Waals surface area (Å²) in [6.45, 7) is 4.53. The molecule has 0 atom stereocenters. The van der Waals surface area contributed by atoms with Gasteiger partial charge in [0.15, 0.2) is 17.5 Å². The molecule has 0 aliphatic rings. The van der Waals surface area contributed by atoms with Crippen molar-refractivity contribution in [2.45, 2.75) is 33.0 Å². The Hall–Kier alpha value is -2.00. The Labute approximate surface area is 184 Å². The number of nitrogens with zero attached hydrogens (tertiary/aromatic N) is 1. The van der Waals surface area contributed by atoms with Crippen molar-refractivity contribution in [3.63, 3.8) is 0 Å². The number of rotatable bonds is 10. The highest BCUT2D eigenvalue weighted by Gasteiger charge is 2.05. The van der Waals surface area contributed by atoms with Crippen LogP contribution in [0.2, 0.25) is 0 Å². The van der Waals surface area contributed by atoms with Crippen molar-refractivity contribution in [3.05, 3.63) is 59.2 Å². The number of hydrogen-bond acceptors (Lipinski definition) is 4. The lowest BCUT2D eigenvalue weighted by Gasteiger charge is -2.12. The molecule has 0 spiro atoms. The van der Waals surface area contributed by atoms with Crippen molar-refractivity contribution in [2.24, 2.45) is 10.7 Å². The zero-order valence-corrected chi connectivity index (χ0v) is 19.1. The normalized spacial score (nSPS) is 10.9. The number of guanidine groups is 1. The maximum atomic E-state index is 6.02. The zero-order valence-electron chi connectivity index (χ0n) is 16.7. The average molecular weight is 499 g/mol. The van der Waals surface area contributed by atoms with Crippen LogP contribution in [0, 0.1) is 0 Å². The van der Waals surface area contributed by atoms with Crippen LogP contribution in [-0.2, 0) is 24.4 Å². The van der Waals surface area contributed by atoms with E-state index in [1.165, 1.54) is 0 Å². The molecule has 6 nitrogen and oxygen atoms in total. The van der Waals surface area contributed by atoms with E-state index in [2.05, 4.69) is 29.4 Å². The van der Waals surface area contributed by atoms with E-state index >= 15 is 0 Å². The van der Waals surface area contributed by atoms with Gasteiger partial charge in [0.05, 0.1) is 27.4 Å². The van der Waals surface area contributed by atoms with Gasteiger partial charge in [-0.25, -0.2) is 4.99 Å². The van der Waals surface area contributed by atoms with E-state index in [0.717, 1.165) is 29.7 Å². The summed E-state index contributed by atoms with van der Waals surface area (Å²) in [5, 5.41) is 3.17. The molecule has 0 aromatic heterocycles. The lowest BCUT2D eigenvalue weighted by molar-refractivity contribution is 0.121. The van der Waals surface area contributed by atoms with E-state index in [9.17, 15) is 0 Å². The van der Waals surface area contributed by atoms with Crippen LogP contribution in [0.3, 0.4) is 0 Å². The second-order valence-corrected chi connectivity index (χ2v) is 6.07. The first-order valence-corrected chi connectivity index (χ1v) is 9.07. The molecule has 0 radical (unpaired) electrons. The summed E-state index contributed by atoms with van der Waals surface area (Å²) in [6.07, 6.45) is 1.01. The number of nitrogens with two attached hydrogens (primary N) is 1. The van der Waals surface area contributed by atoms with E-state index in [0.29, 0.717) is 37.2 Å². The Morgan fingerprint density at radius 1 is 1.04 bits per heavy atom. The van der Waals surface area contributed by atoms with Crippen LogP contribution in [0.4, 0.5) is 0 Å². The molecule has 2 rings (SSSR count). The Kier molecular flexibility index (Phi) is 11.4. The van der Waals surface area contributed by atoms with Gasteiger partial charge in [0, 0.05) is 13.2 Å². The minimum absolute atomic E-state index is 0. The Balaban J connectivity index is 0.00000392. The third-order valence-corrected chi connectivity index (χ3v) is 4.06. The fraction of sp³-hybridized carbons (Fsp3) is 0.381. The van der Waals surface area contributed by atoms with E-state index in [1.54, 1.807) is 14.2 Å². The molecule has 0 bridgehead atoms. The molecule has 2 aromatic rings. The molecular formula is C21H30IN3O3. The summed E-state index contributed by atoms with van der Waals surface area (Å²) >= 11 is 0. The summed E-state index contributed by atoms with van der Waals surface area (Å²) in [5.74, 6) is 1.77. The van der Waals surface area contributed by atoms with Crippen molar-refractivity contribution in [1.29, 1.82) is 0 Å². The molecule has 2 aromatic carbocycles. The number of aliphatic imine (C=N–C) groups is 1. The van der Waals surface area contributed by atoms with Crippen LogP contribution in [0.1, 0.15) is 30.0 Å². The highest BCUT2D eigenvalue weighted by Crippen LogP contribution is 2.27. The molecule has 28 heavy (non-hydrogen) atoms. The molecule has 3 N–H and O–H groups in total. The van der Waals surface area contributed by atoms with Crippen molar-refractivity contribution < 1.29 is 14.2 Å². The number of nitrogens with one attached hydrogen (secondary N) is 1. The second kappa shape index (κ2) is 13.2. The molecule has 0 fully saturated rings. The van der Waals surface area contributed by atoms with E-state index < -0.39 is 0 Å². The largest absolute Gasteiger partial charge is 0.493 e. The van der Waals surface area contributed by atoms with Crippen LogP contribution in [0.15, 0.2) is 47.5 Å². The summed E-state index contributed by atoms with van der Waals surface area (Å²) in [7, 11) is 3.23. The number of hydrogen-bond donors (Lipinski definition) is 2. The van der Waals surface area contributed by atoms with E-state index in [1.807, 2.05) is 30.3 Å². The fourth-order valence-electron chi connectivity index (χ4n) is 2.59. The average Bonchev–Trinajstić information content (AvgIpc) is 2.71. The van der Waals surface area contributed by atoms with E-state index in [-0.39, 0.29) is 24.0 Å². The van der Waals surface area contributed by atoms with Crippen molar-refractivity contribution in [3.8, 4) is 11.5 Å². The van der Waals surface area contributed by atoms with Gasteiger partial charge in [-0.1, -0.05) is 37.3 Å². The van der Waals surface area contributed by atoms with Crippen LogP contribution in [0.25, 0.3) is 0 Å². The van der Waals surface area contributed by atoms with Crippen molar-refractivity contribution in [1.82, 2.24) is 5.32 Å². The Morgan fingerprint density at radius 2 is 1.75 bits per heavy atom. The molecule has 0 aliphatic carbocycles. The molecule has 0 saturated heterocycles. The van der Waals surface area contributed by atoms with Gasteiger partial charge in [0.1, 0.15) is 0 Å². The third-order valence-electron chi connectivity index (χ3n) is 4.06. The van der Waals surface area contributed by atoms with Crippen LogP contribution in [0.5, 0.6) is 11.5 Å². The minimum atomic E-state index is 0. The Bertz CT molecular complexity index is 753. The fourth-order valence-corrected chi connectivity index (χ4v) is 2.59. The van der Waals surface area contributed by atoms with Gasteiger partial charge in [-0.05, 0) is 35.2 Å². The lowest BCUT2D eigenvalue weighted by Crippen LogP contribution is -2.31. The van der Waals surface area contributed by atoms with Gasteiger partial charge in [-0.2, -0.15) is 0 Å². The van der Waals surface area contributed by atoms with Gasteiger partial charge in [0.2, 0.25) is 0 Å². The maximum Gasteiger partial charge on any atom is 0.189 e. The van der Waals surface area contributed by atoms with Gasteiger partial charge in [-0.15, -0.1) is 24.0 Å². The highest BCUT2D eigenvalue weighted by molar-refractivity contribution is 14.0. The van der Waals surface area contributed by atoms with Gasteiger partial charge in [0.25, 0.3) is 0 Å². The molecule has 0 amide bonds. The molecular weight excluding hydrogens is 469 g/mol. The predicted molar refractivity (Wildman–Crippen MR) is 124 cm³/mol. The lowest BCUT2D eigenvalue weighted by atomic mass is 10.1. The number of methoxy groups -OCH3 is 2. The van der Waals surface area contributed by atoms with Gasteiger partial charge < -0.3 is 25.3 Å². The SMILES string of the molecule is CCCOCc1ccccc1CNC(N)=NCc1ccc(OC)c(OC)c1.I. The van der Waals surface area contributed by atoms with E-state index in [4.69, 9.17) is 19.9 Å². The standard InChI is InChI=1S/C21H29N3O3.HI/c1-4-11-27-15-18-8-6-5-7-17(18)14-24-21(22)23-13-16-9-10-19(25-2)20(12-16)26-3;/h5-10,12H,4,11,13-15H2,1-3H3,(H3,22,23,24);1H. The van der Waals surface area contributed by atoms with Crippen LogP contribution >= 0.6 is 24.0 Å². The quantitative estimate of drug-likeness (QED) is 0.225. The summed E-state index contributed by atoms with van der Waals surface area (Å²) in [4.78, 5) is 4.40. The summed E-state index contributed by atoms with van der Waals surface area (Å²) in [6, 6.07) is 13.9.